The van der Waals surface area contributed by atoms with Crippen LogP contribution in [0, 0.1) is 13.8 Å². The lowest BCUT2D eigenvalue weighted by Crippen LogP contribution is -2.36. The number of hydrogen-bond donors (Lipinski definition) is 2. The van der Waals surface area contributed by atoms with Crippen LogP contribution in [0.4, 0.5) is 0 Å². The molecule has 2 N–H and O–H groups in total. The summed E-state index contributed by atoms with van der Waals surface area (Å²) in [6.07, 6.45) is 0. The molecule has 0 aliphatic rings. The molecule has 3 aromatic rings. The van der Waals surface area contributed by atoms with Gasteiger partial charge < -0.3 is 19.8 Å². The summed E-state index contributed by atoms with van der Waals surface area (Å²) in [5, 5.41) is 6.50. The second kappa shape index (κ2) is 8.89. The van der Waals surface area contributed by atoms with Crippen LogP contribution >= 0.6 is 0 Å². The molecule has 6 heteroatoms. The quantitative estimate of drug-likeness (QED) is 0.512. The van der Waals surface area contributed by atoms with Gasteiger partial charge in [-0.2, -0.15) is 0 Å². The molecule has 0 unspecified atom stereocenters. The van der Waals surface area contributed by atoms with E-state index in [-0.39, 0.29) is 0 Å². The third-order valence-corrected chi connectivity index (χ3v) is 4.09. The Morgan fingerprint density at radius 2 is 1.70 bits per heavy atom. The van der Waals surface area contributed by atoms with E-state index in [4.69, 9.17) is 9.15 Å². The Morgan fingerprint density at radius 3 is 2.41 bits per heavy atom. The summed E-state index contributed by atoms with van der Waals surface area (Å²) in [6.45, 7) is 4.88. The standard InChI is InChI=1S/C21H24N4O2/c1-15-16(2)26-20(25-15)14-24-21(22-3)23-13-17-9-7-8-12-19(17)27-18-10-5-4-6-11-18/h4-12H,13-14H2,1-3H3,(H2,22,23,24). The minimum atomic E-state index is 0.469. The predicted molar refractivity (Wildman–Crippen MR) is 106 cm³/mol. The average Bonchev–Trinajstić information content (AvgIpc) is 3.01. The molecular weight excluding hydrogens is 340 g/mol. The number of benzene rings is 2. The molecule has 140 valence electrons. The van der Waals surface area contributed by atoms with Crippen molar-refractivity contribution in [1.29, 1.82) is 0 Å². The normalized spacial score (nSPS) is 11.3. The van der Waals surface area contributed by atoms with E-state index in [1.165, 1.54) is 0 Å². The van der Waals surface area contributed by atoms with E-state index in [9.17, 15) is 0 Å². The SMILES string of the molecule is CN=C(NCc1nc(C)c(C)o1)NCc1ccccc1Oc1ccccc1. The van der Waals surface area contributed by atoms with E-state index in [1.807, 2.05) is 68.4 Å². The van der Waals surface area contributed by atoms with Gasteiger partial charge in [0.25, 0.3) is 0 Å². The van der Waals surface area contributed by atoms with Gasteiger partial charge in [0.1, 0.15) is 17.3 Å². The van der Waals surface area contributed by atoms with Crippen molar-refractivity contribution >= 4 is 5.96 Å². The van der Waals surface area contributed by atoms with Gasteiger partial charge in [0, 0.05) is 19.2 Å². The Kier molecular flexibility index (Phi) is 6.10. The minimum absolute atomic E-state index is 0.469. The fraction of sp³-hybridized carbons (Fsp3) is 0.238. The van der Waals surface area contributed by atoms with Crippen LogP contribution < -0.4 is 15.4 Å². The number of hydrogen-bond acceptors (Lipinski definition) is 4. The van der Waals surface area contributed by atoms with Gasteiger partial charge in [0.2, 0.25) is 5.89 Å². The second-order valence-electron chi connectivity index (χ2n) is 6.05. The van der Waals surface area contributed by atoms with Crippen LogP contribution in [0.15, 0.2) is 64.0 Å². The number of nitrogens with one attached hydrogen (secondary N) is 2. The van der Waals surface area contributed by atoms with Crippen molar-refractivity contribution in [2.24, 2.45) is 4.99 Å². The zero-order valence-corrected chi connectivity index (χ0v) is 15.8. The van der Waals surface area contributed by atoms with Crippen LogP contribution in [0.2, 0.25) is 0 Å². The van der Waals surface area contributed by atoms with Crippen LogP contribution in [0.3, 0.4) is 0 Å². The number of rotatable bonds is 6. The fourth-order valence-corrected chi connectivity index (χ4v) is 2.54. The minimum Gasteiger partial charge on any atom is -0.457 e. The van der Waals surface area contributed by atoms with Crippen LogP contribution in [-0.2, 0) is 13.1 Å². The molecule has 0 saturated carbocycles. The molecule has 0 aliphatic heterocycles. The van der Waals surface area contributed by atoms with E-state index >= 15 is 0 Å². The van der Waals surface area contributed by atoms with Crippen molar-refractivity contribution in [3.8, 4) is 11.5 Å². The maximum absolute atomic E-state index is 6.00. The summed E-state index contributed by atoms with van der Waals surface area (Å²) in [5.74, 6) is 3.76. The lowest BCUT2D eigenvalue weighted by molar-refractivity contribution is 0.463. The Morgan fingerprint density at radius 1 is 1.00 bits per heavy atom. The smallest absolute Gasteiger partial charge is 0.214 e. The molecule has 0 atom stereocenters. The van der Waals surface area contributed by atoms with E-state index in [0.717, 1.165) is 28.5 Å². The maximum Gasteiger partial charge on any atom is 0.214 e. The van der Waals surface area contributed by atoms with Crippen LogP contribution in [-0.4, -0.2) is 18.0 Å². The zero-order chi connectivity index (χ0) is 19.1. The lowest BCUT2D eigenvalue weighted by atomic mass is 10.2. The van der Waals surface area contributed by atoms with Gasteiger partial charge in [0.05, 0.1) is 12.2 Å². The summed E-state index contributed by atoms with van der Waals surface area (Å²) < 4.78 is 11.6. The number of aliphatic imine (C=N–C) groups is 1. The third-order valence-electron chi connectivity index (χ3n) is 4.09. The fourth-order valence-electron chi connectivity index (χ4n) is 2.54. The van der Waals surface area contributed by atoms with Gasteiger partial charge in [-0.25, -0.2) is 4.98 Å². The first-order valence-electron chi connectivity index (χ1n) is 8.84. The predicted octanol–water partition coefficient (Wildman–Crippen LogP) is 3.95. The highest BCUT2D eigenvalue weighted by molar-refractivity contribution is 5.79. The Hall–Kier alpha value is -3.28. The molecule has 3 rings (SSSR count). The number of aromatic nitrogens is 1. The van der Waals surface area contributed by atoms with E-state index < -0.39 is 0 Å². The highest BCUT2D eigenvalue weighted by Crippen LogP contribution is 2.24. The molecule has 1 heterocycles. The zero-order valence-electron chi connectivity index (χ0n) is 15.8. The number of para-hydroxylation sites is 2. The van der Waals surface area contributed by atoms with E-state index in [0.29, 0.717) is 24.9 Å². The summed E-state index contributed by atoms with van der Waals surface area (Å²) in [5.41, 5.74) is 1.94. The van der Waals surface area contributed by atoms with Gasteiger partial charge in [-0.05, 0) is 32.0 Å². The Labute approximate surface area is 159 Å². The number of nitrogens with zero attached hydrogens (tertiary/aromatic N) is 2. The average molecular weight is 364 g/mol. The highest BCUT2D eigenvalue weighted by atomic mass is 16.5. The molecule has 0 fully saturated rings. The van der Waals surface area contributed by atoms with Crippen molar-refractivity contribution in [3.63, 3.8) is 0 Å². The molecule has 0 bridgehead atoms. The lowest BCUT2D eigenvalue weighted by Gasteiger charge is -2.14. The van der Waals surface area contributed by atoms with E-state index in [2.05, 4.69) is 20.6 Å². The number of oxazole rings is 1. The van der Waals surface area contributed by atoms with Crippen molar-refractivity contribution < 1.29 is 9.15 Å². The maximum atomic E-state index is 6.00. The van der Waals surface area contributed by atoms with Gasteiger partial charge in [-0.1, -0.05) is 36.4 Å². The largest absolute Gasteiger partial charge is 0.457 e. The summed E-state index contributed by atoms with van der Waals surface area (Å²) >= 11 is 0. The Balaban J connectivity index is 1.59. The van der Waals surface area contributed by atoms with Crippen LogP contribution in [0.1, 0.15) is 22.9 Å². The van der Waals surface area contributed by atoms with Crippen LogP contribution in [0.5, 0.6) is 11.5 Å². The van der Waals surface area contributed by atoms with Crippen molar-refractivity contribution in [1.82, 2.24) is 15.6 Å². The number of ether oxygens (including phenoxy) is 1. The molecule has 0 saturated heterocycles. The first kappa shape index (κ1) is 18.5. The van der Waals surface area contributed by atoms with Gasteiger partial charge in [0.15, 0.2) is 5.96 Å². The van der Waals surface area contributed by atoms with Crippen LogP contribution in [0.25, 0.3) is 0 Å². The molecule has 1 aromatic heterocycles. The van der Waals surface area contributed by atoms with Gasteiger partial charge in [-0.3, -0.25) is 4.99 Å². The van der Waals surface area contributed by atoms with Gasteiger partial charge >= 0.3 is 0 Å². The summed E-state index contributed by atoms with van der Waals surface area (Å²) in [6, 6.07) is 17.7. The van der Waals surface area contributed by atoms with Gasteiger partial charge in [-0.15, -0.1) is 0 Å². The Bertz CT molecular complexity index is 884. The van der Waals surface area contributed by atoms with Crippen molar-refractivity contribution in [3.05, 3.63) is 77.5 Å². The molecule has 0 spiro atoms. The van der Waals surface area contributed by atoms with Crippen molar-refractivity contribution in [2.75, 3.05) is 7.05 Å². The topological polar surface area (TPSA) is 71.7 Å². The summed E-state index contributed by atoms with van der Waals surface area (Å²) in [4.78, 5) is 8.61. The number of guanidine groups is 1. The third kappa shape index (κ3) is 5.10. The molecule has 27 heavy (non-hydrogen) atoms. The first-order chi connectivity index (χ1) is 13.2. The summed E-state index contributed by atoms with van der Waals surface area (Å²) in [7, 11) is 1.73. The monoisotopic (exact) mass is 364 g/mol. The molecule has 0 radical (unpaired) electrons. The molecule has 0 aliphatic carbocycles. The molecule has 2 aromatic carbocycles. The first-order valence-corrected chi connectivity index (χ1v) is 8.84. The molecule has 6 nitrogen and oxygen atoms in total. The molecule has 0 amide bonds. The van der Waals surface area contributed by atoms with Crippen molar-refractivity contribution in [2.45, 2.75) is 26.9 Å². The molecular formula is C21H24N4O2. The number of aryl methyl sites for hydroxylation is 2. The second-order valence-corrected chi connectivity index (χ2v) is 6.05. The van der Waals surface area contributed by atoms with E-state index in [1.54, 1.807) is 7.05 Å². The highest BCUT2D eigenvalue weighted by Gasteiger charge is 2.08.